The Hall–Kier alpha value is -1.43. The molecule has 1 aromatic rings. The molecule has 2 N–H and O–H groups in total. The molecule has 3 unspecified atom stereocenters. The average Bonchev–Trinajstić information content (AvgIpc) is 3.20. The predicted molar refractivity (Wildman–Crippen MR) is 87.0 cm³/mol. The van der Waals surface area contributed by atoms with Crippen LogP contribution in [-0.2, 0) is 17.8 Å². The summed E-state index contributed by atoms with van der Waals surface area (Å²) in [5, 5.41) is 8.80. The van der Waals surface area contributed by atoms with Crippen LogP contribution in [0.3, 0.4) is 0 Å². The summed E-state index contributed by atoms with van der Waals surface area (Å²) in [5.41, 5.74) is 6.30. The number of aromatic nitrogens is 3. The summed E-state index contributed by atoms with van der Waals surface area (Å²) >= 11 is 0. The number of hydrogen-bond acceptors (Lipinski definition) is 4. The van der Waals surface area contributed by atoms with E-state index >= 15 is 0 Å². The van der Waals surface area contributed by atoms with E-state index in [4.69, 9.17) is 5.73 Å². The van der Waals surface area contributed by atoms with Crippen molar-refractivity contribution in [1.82, 2.24) is 19.7 Å². The molecule has 4 saturated carbocycles. The summed E-state index contributed by atoms with van der Waals surface area (Å²) in [6, 6.07) is 0.137. The van der Waals surface area contributed by atoms with Crippen LogP contribution in [0.5, 0.6) is 0 Å². The normalized spacial score (nSPS) is 42.6. The van der Waals surface area contributed by atoms with Crippen molar-refractivity contribution in [3.8, 4) is 0 Å². The van der Waals surface area contributed by atoms with E-state index in [9.17, 15) is 4.79 Å². The van der Waals surface area contributed by atoms with E-state index in [1.807, 2.05) is 0 Å². The van der Waals surface area contributed by atoms with Crippen molar-refractivity contribution in [3.63, 3.8) is 0 Å². The Morgan fingerprint density at radius 1 is 1.12 bits per heavy atom. The predicted octanol–water partition coefficient (Wildman–Crippen LogP) is 0.914. The second-order valence-electron chi connectivity index (χ2n) is 8.70. The number of fused-ring (bicyclic) bond motifs is 1. The summed E-state index contributed by atoms with van der Waals surface area (Å²) in [6.07, 6.45) is 6.72. The number of carbonyl (C=O) groups is 1. The van der Waals surface area contributed by atoms with Crippen LogP contribution >= 0.6 is 0 Å². The molecule has 3 heterocycles. The first kappa shape index (κ1) is 13.8. The number of amides is 1. The third-order valence-electron chi connectivity index (χ3n) is 7.93. The SMILES string of the molecule is NC1C2CC3C(C2)C13C(=O)N1CCC(c2nnc3n2CCC3)CC1. The van der Waals surface area contributed by atoms with E-state index in [0.29, 0.717) is 29.6 Å². The van der Waals surface area contributed by atoms with Crippen LogP contribution in [0.1, 0.15) is 49.7 Å². The Bertz CT molecular complexity index is 707. The number of nitrogens with two attached hydrogens (primary N) is 1. The summed E-state index contributed by atoms with van der Waals surface area (Å²) in [6.45, 7) is 2.80. The van der Waals surface area contributed by atoms with Gasteiger partial charge < -0.3 is 15.2 Å². The van der Waals surface area contributed by atoms with Crippen LogP contribution in [0.2, 0.25) is 0 Å². The van der Waals surface area contributed by atoms with Crippen LogP contribution in [0, 0.1) is 23.2 Å². The van der Waals surface area contributed by atoms with Crippen LogP contribution in [0.4, 0.5) is 0 Å². The van der Waals surface area contributed by atoms with Crippen molar-refractivity contribution in [1.29, 1.82) is 0 Å². The summed E-state index contributed by atoms with van der Waals surface area (Å²) in [4.78, 5) is 15.3. The van der Waals surface area contributed by atoms with Crippen LogP contribution < -0.4 is 5.73 Å². The van der Waals surface area contributed by atoms with E-state index in [1.54, 1.807) is 0 Å². The van der Waals surface area contributed by atoms with Gasteiger partial charge in [0.25, 0.3) is 0 Å². The molecule has 0 radical (unpaired) electrons. The van der Waals surface area contributed by atoms with Crippen molar-refractivity contribution in [2.45, 2.75) is 57.0 Å². The molecule has 1 amide bonds. The van der Waals surface area contributed by atoms with Crippen LogP contribution in [-0.4, -0.2) is 44.7 Å². The van der Waals surface area contributed by atoms with Gasteiger partial charge in [-0.3, -0.25) is 4.79 Å². The minimum atomic E-state index is -0.145. The third-order valence-corrected chi connectivity index (χ3v) is 7.93. The number of aryl methyl sites for hydroxylation is 1. The molecule has 0 aromatic carbocycles. The van der Waals surface area contributed by atoms with Crippen molar-refractivity contribution in [3.05, 3.63) is 11.6 Å². The number of piperidine rings is 1. The Morgan fingerprint density at radius 3 is 2.54 bits per heavy atom. The quantitative estimate of drug-likeness (QED) is 0.876. The van der Waals surface area contributed by atoms with Gasteiger partial charge in [0.15, 0.2) is 0 Å². The number of likely N-dealkylation sites (tertiary alicyclic amines) is 1. The molecule has 5 fully saturated rings. The molecule has 128 valence electrons. The zero-order valence-electron chi connectivity index (χ0n) is 14.0. The maximum absolute atomic E-state index is 13.2. The lowest BCUT2D eigenvalue weighted by molar-refractivity contribution is -0.139. The molecule has 6 nitrogen and oxygen atoms in total. The lowest BCUT2D eigenvalue weighted by Crippen LogP contribution is -2.48. The largest absolute Gasteiger partial charge is 0.342 e. The maximum Gasteiger partial charge on any atom is 0.230 e. The van der Waals surface area contributed by atoms with E-state index in [2.05, 4.69) is 19.7 Å². The molecule has 4 aliphatic carbocycles. The molecule has 0 spiro atoms. The van der Waals surface area contributed by atoms with Gasteiger partial charge in [-0.15, -0.1) is 10.2 Å². The van der Waals surface area contributed by atoms with Gasteiger partial charge in [0, 0.05) is 38.0 Å². The zero-order valence-corrected chi connectivity index (χ0v) is 14.0. The Kier molecular flexibility index (Phi) is 2.53. The number of carbonyl (C=O) groups excluding carboxylic acids is 1. The van der Waals surface area contributed by atoms with Gasteiger partial charge in [0.1, 0.15) is 11.6 Å². The molecule has 1 saturated heterocycles. The van der Waals surface area contributed by atoms with Crippen LogP contribution in [0.25, 0.3) is 0 Å². The molecule has 1 aromatic heterocycles. The molecule has 24 heavy (non-hydrogen) atoms. The zero-order chi connectivity index (χ0) is 16.1. The highest BCUT2D eigenvalue weighted by Crippen LogP contribution is 2.78. The Balaban J connectivity index is 1.17. The van der Waals surface area contributed by atoms with Gasteiger partial charge >= 0.3 is 0 Å². The second kappa shape index (κ2) is 4.40. The third kappa shape index (κ3) is 1.46. The smallest absolute Gasteiger partial charge is 0.230 e. The molecular formula is C18H25N5O. The Labute approximate surface area is 141 Å². The van der Waals surface area contributed by atoms with Gasteiger partial charge in [-0.25, -0.2) is 0 Å². The lowest BCUT2D eigenvalue weighted by Gasteiger charge is -2.35. The van der Waals surface area contributed by atoms with Gasteiger partial charge in [-0.05, 0) is 49.9 Å². The Morgan fingerprint density at radius 2 is 1.88 bits per heavy atom. The van der Waals surface area contributed by atoms with Gasteiger partial charge in [0.05, 0.1) is 5.41 Å². The summed E-state index contributed by atoms with van der Waals surface area (Å²) < 4.78 is 2.32. The minimum Gasteiger partial charge on any atom is -0.342 e. The van der Waals surface area contributed by atoms with Crippen molar-refractivity contribution in [2.75, 3.05) is 13.1 Å². The number of rotatable bonds is 2. The highest BCUT2D eigenvalue weighted by atomic mass is 16.2. The minimum absolute atomic E-state index is 0.137. The number of nitrogens with zero attached hydrogens (tertiary/aromatic N) is 4. The van der Waals surface area contributed by atoms with Gasteiger partial charge in [-0.2, -0.15) is 0 Å². The second-order valence-corrected chi connectivity index (χ2v) is 8.70. The summed E-state index contributed by atoms with van der Waals surface area (Å²) in [5.74, 6) is 5.02. The molecular weight excluding hydrogens is 302 g/mol. The molecule has 6 heteroatoms. The number of hydrogen-bond donors (Lipinski definition) is 1. The lowest BCUT2D eigenvalue weighted by atomic mass is 9.92. The van der Waals surface area contributed by atoms with E-state index in [1.165, 1.54) is 19.3 Å². The molecule has 7 rings (SSSR count). The average molecular weight is 327 g/mol. The van der Waals surface area contributed by atoms with E-state index < -0.39 is 0 Å². The highest BCUT2D eigenvalue weighted by molar-refractivity contribution is 5.89. The first-order valence-electron chi connectivity index (χ1n) is 9.68. The summed E-state index contributed by atoms with van der Waals surface area (Å²) in [7, 11) is 0. The molecule has 3 atom stereocenters. The highest BCUT2D eigenvalue weighted by Gasteiger charge is 2.82. The van der Waals surface area contributed by atoms with E-state index in [0.717, 1.165) is 50.5 Å². The fourth-order valence-corrected chi connectivity index (χ4v) is 6.76. The monoisotopic (exact) mass is 327 g/mol. The molecule has 4 bridgehead atoms. The van der Waals surface area contributed by atoms with Gasteiger partial charge in [0.2, 0.25) is 5.91 Å². The first-order chi connectivity index (χ1) is 11.7. The fourth-order valence-electron chi connectivity index (χ4n) is 6.76. The maximum atomic E-state index is 13.2. The van der Waals surface area contributed by atoms with E-state index in [-0.39, 0.29) is 11.5 Å². The standard InChI is InChI=1S/C18H25N5O/c19-15-11-8-12-13(9-11)18(12,15)17(24)22-6-3-10(4-7-22)16-21-20-14-2-1-5-23(14)16/h10-13,15H,1-9,19H2. The van der Waals surface area contributed by atoms with Crippen molar-refractivity contribution < 1.29 is 4.79 Å². The molecule has 2 aliphatic heterocycles. The fraction of sp³-hybridized carbons (Fsp3) is 0.833. The van der Waals surface area contributed by atoms with Crippen molar-refractivity contribution in [2.24, 2.45) is 28.9 Å². The first-order valence-corrected chi connectivity index (χ1v) is 9.68. The van der Waals surface area contributed by atoms with Crippen molar-refractivity contribution >= 4 is 5.91 Å². The van der Waals surface area contributed by atoms with Gasteiger partial charge in [-0.1, -0.05) is 0 Å². The topological polar surface area (TPSA) is 77.0 Å². The van der Waals surface area contributed by atoms with Crippen LogP contribution in [0.15, 0.2) is 0 Å². The molecule has 6 aliphatic rings.